The minimum Gasteiger partial charge on any atom is -0.481 e. The molecule has 0 aliphatic heterocycles. The van der Waals surface area contributed by atoms with Gasteiger partial charge in [0.05, 0.1) is 6.42 Å². The van der Waals surface area contributed by atoms with E-state index in [0.29, 0.717) is 5.75 Å². The number of aliphatic carboxylic acids is 1. The average molecular weight is 275 g/mol. The molecule has 17 heavy (non-hydrogen) atoms. The van der Waals surface area contributed by atoms with Crippen molar-refractivity contribution in [2.45, 2.75) is 39.1 Å². The molecular formula is C12H21NO2S2. The normalized spacial score (nSPS) is 8.24. The fraction of sp³-hybridized carbons (Fsp3) is 0.500. The average Bonchev–Trinajstić information content (AvgIpc) is 2.40. The van der Waals surface area contributed by atoms with Crippen LogP contribution in [0.15, 0.2) is 29.4 Å². The van der Waals surface area contributed by atoms with E-state index in [1.165, 1.54) is 21.6 Å². The van der Waals surface area contributed by atoms with Crippen LogP contribution in [0.25, 0.3) is 0 Å². The Bertz CT molecular complexity index is 268. The van der Waals surface area contributed by atoms with Gasteiger partial charge in [-0.2, -0.15) is 0 Å². The molecule has 1 N–H and O–H groups in total. The molecule has 0 atom stereocenters. The molecule has 1 aromatic rings. The Morgan fingerprint density at radius 1 is 1.29 bits per heavy atom. The van der Waals surface area contributed by atoms with Crippen LogP contribution >= 0.6 is 21.6 Å². The number of carbonyl (C=O) groups is 1. The number of carboxylic acids is 1. The molecule has 0 aliphatic rings. The lowest BCUT2D eigenvalue weighted by atomic mass is 10.5. The first-order chi connectivity index (χ1) is 8.29. The van der Waals surface area contributed by atoms with Crippen molar-refractivity contribution in [2.75, 3.05) is 5.75 Å². The van der Waals surface area contributed by atoms with Crippen molar-refractivity contribution in [3.63, 3.8) is 0 Å². The highest BCUT2D eigenvalue weighted by Gasteiger charge is 1.98. The highest BCUT2D eigenvalue weighted by Crippen LogP contribution is 2.29. The summed E-state index contributed by atoms with van der Waals surface area (Å²) in [6.07, 6.45) is 1.92. The van der Waals surface area contributed by atoms with Gasteiger partial charge in [0.2, 0.25) is 0 Å². The Kier molecular flexibility index (Phi) is 16.8. The van der Waals surface area contributed by atoms with E-state index >= 15 is 0 Å². The van der Waals surface area contributed by atoms with E-state index in [2.05, 4.69) is 4.98 Å². The van der Waals surface area contributed by atoms with Gasteiger partial charge in [0.15, 0.2) is 0 Å². The maximum atomic E-state index is 10.2. The number of pyridine rings is 1. The van der Waals surface area contributed by atoms with Gasteiger partial charge in [0.25, 0.3) is 0 Å². The second-order valence-electron chi connectivity index (χ2n) is 2.22. The second kappa shape index (κ2) is 15.3. The van der Waals surface area contributed by atoms with Crippen molar-refractivity contribution in [3.05, 3.63) is 24.4 Å². The molecule has 0 amide bonds. The van der Waals surface area contributed by atoms with Gasteiger partial charge in [-0.1, -0.05) is 44.6 Å². The Morgan fingerprint density at radius 2 is 1.94 bits per heavy atom. The van der Waals surface area contributed by atoms with Crippen LogP contribution in [-0.2, 0) is 4.79 Å². The molecule has 0 radical (unpaired) electrons. The molecule has 3 nitrogen and oxygen atoms in total. The zero-order chi connectivity index (χ0) is 13.5. The van der Waals surface area contributed by atoms with Crippen LogP contribution in [0.4, 0.5) is 0 Å². The lowest BCUT2D eigenvalue weighted by Crippen LogP contribution is -1.94. The van der Waals surface area contributed by atoms with E-state index < -0.39 is 5.97 Å². The van der Waals surface area contributed by atoms with Gasteiger partial charge in [-0.3, -0.25) is 4.79 Å². The monoisotopic (exact) mass is 275 g/mol. The number of aromatic nitrogens is 1. The van der Waals surface area contributed by atoms with Gasteiger partial charge < -0.3 is 5.11 Å². The number of hydrogen-bond acceptors (Lipinski definition) is 4. The van der Waals surface area contributed by atoms with Gasteiger partial charge >= 0.3 is 5.97 Å². The van der Waals surface area contributed by atoms with Crippen molar-refractivity contribution in [3.8, 4) is 0 Å². The number of carboxylic acid groups (broad SMARTS) is 1. The fourth-order valence-corrected chi connectivity index (χ4v) is 2.49. The minimum absolute atomic E-state index is 0.199. The molecule has 1 heterocycles. The molecule has 0 fully saturated rings. The first-order valence-corrected chi connectivity index (χ1v) is 8.03. The van der Waals surface area contributed by atoms with Crippen LogP contribution in [-0.4, -0.2) is 21.8 Å². The van der Waals surface area contributed by atoms with Crippen molar-refractivity contribution in [1.82, 2.24) is 4.98 Å². The predicted molar refractivity (Wildman–Crippen MR) is 77.5 cm³/mol. The van der Waals surface area contributed by atoms with E-state index in [9.17, 15) is 4.79 Å². The Balaban J connectivity index is 0. The summed E-state index contributed by atoms with van der Waals surface area (Å²) in [6.45, 7) is 8.00. The molecule has 1 aromatic heterocycles. The van der Waals surface area contributed by atoms with Crippen LogP contribution in [0.5, 0.6) is 0 Å². The van der Waals surface area contributed by atoms with Gasteiger partial charge in [-0.05, 0) is 22.9 Å². The zero-order valence-corrected chi connectivity index (χ0v) is 12.5. The fourth-order valence-electron chi connectivity index (χ4n) is 0.627. The third-order valence-electron chi connectivity index (χ3n) is 1.18. The number of nitrogens with zero attached hydrogens (tertiary/aromatic N) is 1. The van der Waals surface area contributed by atoms with Crippen LogP contribution < -0.4 is 0 Å². The molecule has 5 heteroatoms. The van der Waals surface area contributed by atoms with Crippen LogP contribution in [0, 0.1) is 0 Å². The van der Waals surface area contributed by atoms with E-state index in [-0.39, 0.29) is 6.42 Å². The topological polar surface area (TPSA) is 50.2 Å². The molecule has 1 rings (SSSR count). The summed E-state index contributed by atoms with van der Waals surface area (Å²) in [7, 11) is 3.01. The molecule has 0 spiro atoms. The Hall–Kier alpha value is -0.680. The summed E-state index contributed by atoms with van der Waals surface area (Å²) in [5.74, 6) is -0.148. The first kappa shape index (κ1) is 18.7. The van der Waals surface area contributed by atoms with Crippen LogP contribution in [0.1, 0.15) is 34.1 Å². The molecular weight excluding hydrogens is 254 g/mol. The van der Waals surface area contributed by atoms with E-state index in [1.807, 2.05) is 45.9 Å². The summed E-state index contributed by atoms with van der Waals surface area (Å²) >= 11 is 0. The summed E-state index contributed by atoms with van der Waals surface area (Å²) in [5.41, 5.74) is 0. The summed E-state index contributed by atoms with van der Waals surface area (Å²) in [4.78, 5) is 14.3. The predicted octanol–water partition coefficient (Wildman–Crippen LogP) is 4.35. The van der Waals surface area contributed by atoms with E-state index in [0.717, 1.165) is 5.03 Å². The lowest BCUT2D eigenvalue weighted by molar-refractivity contribution is -0.136. The third kappa shape index (κ3) is 13.3. The standard InChI is InChI=1S/C8H9NO2S2.2C2H6/c10-8(11)4-6-12-13-7-3-1-2-5-9-7;2*1-2/h1-3,5H,4,6H2,(H,10,11);2*1-2H3. The molecule has 0 aromatic carbocycles. The summed E-state index contributed by atoms with van der Waals surface area (Å²) < 4.78 is 0. The molecule has 0 saturated carbocycles. The Morgan fingerprint density at radius 3 is 2.41 bits per heavy atom. The van der Waals surface area contributed by atoms with Gasteiger partial charge in [0.1, 0.15) is 5.03 Å². The summed E-state index contributed by atoms with van der Waals surface area (Å²) in [5, 5.41) is 9.29. The van der Waals surface area contributed by atoms with Crippen molar-refractivity contribution in [1.29, 1.82) is 0 Å². The molecule has 0 unspecified atom stereocenters. The lowest BCUT2D eigenvalue weighted by Gasteiger charge is -1.97. The van der Waals surface area contributed by atoms with Gasteiger partial charge in [-0.25, -0.2) is 4.98 Å². The molecule has 0 saturated heterocycles. The van der Waals surface area contributed by atoms with Crippen molar-refractivity contribution in [2.24, 2.45) is 0 Å². The maximum Gasteiger partial charge on any atom is 0.304 e. The minimum atomic E-state index is -0.755. The van der Waals surface area contributed by atoms with Gasteiger partial charge in [-0.15, -0.1) is 0 Å². The molecule has 0 bridgehead atoms. The van der Waals surface area contributed by atoms with Crippen LogP contribution in [0.3, 0.4) is 0 Å². The first-order valence-electron chi connectivity index (χ1n) is 5.71. The van der Waals surface area contributed by atoms with Gasteiger partial charge in [0, 0.05) is 11.9 Å². The zero-order valence-electron chi connectivity index (χ0n) is 10.8. The van der Waals surface area contributed by atoms with Crippen molar-refractivity contribution >= 4 is 27.6 Å². The molecule has 0 aliphatic carbocycles. The smallest absolute Gasteiger partial charge is 0.304 e. The van der Waals surface area contributed by atoms with Crippen molar-refractivity contribution < 1.29 is 9.90 Å². The van der Waals surface area contributed by atoms with Crippen LogP contribution in [0.2, 0.25) is 0 Å². The molecule has 98 valence electrons. The Labute approximate surface area is 112 Å². The van der Waals surface area contributed by atoms with E-state index in [4.69, 9.17) is 5.11 Å². The highest BCUT2D eigenvalue weighted by molar-refractivity contribution is 8.76. The maximum absolute atomic E-state index is 10.2. The quantitative estimate of drug-likeness (QED) is 0.639. The summed E-state index contributed by atoms with van der Waals surface area (Å²) in [6, 6.07) is 5.66. The van der Waals surface area contributed by atoms with E-state index in [1.54, 1.807) is 6.20 Å². The SMILES string of the molecule is CC.CC.O=C(O)CCSSc1ccccn1. The second-order valence-corrected chi connectivity index (χ2v) is 4.65. The largest absolute Gasteiger partial charge is 0.481 e. The third-order valence-corrected chi connectivity index (χ3v) is 3.45. The number of rotatable bonds is 5. The number of hydrogen-bond donors (Lipinski definition) is 1. The highest BCUT2D eigenvalue weighted by atomic mass is 33.1.